The Morgan fingerprint density at radius 2 is 1.63 bits per heavy atom. The van der Waals surface area contributed by atoms with Crippen LogP contribution in [0.3, 0.4) is 0 Å². The number of nitrogens with two attached hydrogens (primary N) is 3. The van der Waals surface area contributed by atoms with Gasteiger partial charge in [0.2, 0.25) is 11.8 Å². The van der Waals surface area contributed by atoms with Gasteiger partial charge in [-0.3, -0.25) is 14.4 Å². The summed E-state index contributed by atoms with van der Waals surface area (Å²) >= 11 is 0. The lowest BCUT2D eigenvalue weighted by molar-refractivity contribution is -0.137. The quantitative estimate of drug-likeness (QED) is 0.161. The second-order valence-corrected chi connectivity index (χ2v) is 11.5. The van der Waals surface area contributed by atoms with E-state index >= 15 is 0 Å². The minimum atomic E-state index is -4.49. The Bertz CT molecular complexity index is 1290. The molecule has 9 nitrogen and oxygen atoms in total. The average Bonchev–Trinajstić information content (AvgIpc) is 3.17. The molecule has 0 unspecified atom stereocenters. The van der Waals surface area contributed by atoms with Crippen molar-refractivity contribution in [2.45, 2.75) is 70.2 Å². The summed E-state index contributed by atoms with van der Waals surface area (Å²) < 4.78 is 45.2. The number of benzene rings is 2. The zero-order valence-electron chi connectivity index (χ0n) is 24.8. The van der Waals surface area contributed by atoms with Gasteiger partial charge in [0, 0.05) is 26.1 Å². The monoisotopic (exact) mass is 603 g/mol. The molecule has 3 rings (SSSR count). The topological polar surface area (TPSA) is 163 Å². The van der Waals surface area contributed by atoms with E-state index in [4.69, 9.17) is 21.9 Å². The Hall–Kier alpha value is -3.26. The van der Waals surface area contributed by atoms with Crippen LogP contribution in [0.2, 0.25) is 6.82 Å². The van der Waals surface area contributed by atoms with Crippen LogP contribution in [-0.4, -0.2) is 56.2 Å². The van der Waals surface area contributed by atoms with Gasteiger partial charge in [-0.1, -0.05) is 37.2 Å². The first-order valence-electron chi connectivity index (χ1n) is 14.4. The van der Waals surface area contributed by atoms with Gasteiger partial charge in [-0.25, -0.2) is 0 Å². The van der Waals surface area contributed by atoms with Gasteiger partial charge >= 0.3 is 13.1 Å². The van der Waals surface area contributed by atoms with Crippen molar-refractivity contribution in [3.05, 3.63) is 64.7 Å². The highest BCUT2D eigenvalue weighted by Gasteiger charge is 2.38. The first-order valence-corrected chi connectivity index (χ1v) is 14.4. The molecule has 1 heterocycles. The summed E-state index contributed by atoms with van der Waals surface area (Å²) in [5.41, 5.74) is 19.1. The Morgan fingerprint density at radius 3 is 2.23 bits per heavy atom. The number of ketones is 1. The fraction of sp³-hybridized carbons (Fsp3) is 0.500. The molecule has 0 saturated heterocycles. The molecule has 2 aromatic carbocycles. The van der Waals surface area contributed by atoms with Crippen molar-refractivity contribution in [1.29, 1.82) is 0 Å². The minimum Gasteiger partial charge on any atom is -0.422 e. The second kappa shape index (κ2) is 14.5. The zero-order chi connectivity index (χ0) is 31.9. The molecular weight excluding hydrogens is 562 g/mol. The van der Waals surface area contributed by atoms with Crippen LogP contribution in [-0.2, 0) is 43.7 Å². The predicted molar refractivity (Wildman–Crippen MR) is 159 cm³/mol. The highest BCUT2D eigenvalue weighted by atomic mass is 19.4. The highest BCUT2D eigenvalue weighted by molar-refractivity contribution is 6.67. The van der Waals surface area contributed by atoms with Gasteiger partial charge in [0.25, 0.3) is 0 Å². The Kier molecular flexibility index (Phi) is 11.5. The molecule has 234 valence electrons. The standard InChI is InChI=1S/C30H41BF3N5O4/c1-29(2)22-11-8-19(13-23(22)31(3)43-29)15-26(40)25(14-18-6-9-21(10-7-18)30(32,33)34)39-28(42)24(37)5-4-12-38-27(41)20(16-35)17-36/h6-11,13,20,24-25H,4-5,12,14-17,35-37H2,1-3H3,(H,38,41)(H,39,42)/t24-,25+/m0/s1. The van der Waals surface area contributed by atoms with Crippen LogP contribution in [0.4, 0.5) is 13.2 Å². The maximum atomic E-state index is 13.5. The summed E-state index contributed by atoms with van der Waals surface area (Å²) in [7, 11) is 0. The molecule has 0 fully saturated rings. The lowest BCUT2D eigenvalue weighted by Crippen LogP contribution is -2.50. The fourth-order valence-electron chi connectivity index (χ4n) is 5.21. The third-order valence-corrected chi connectivity index (χ3v) is 7.75. The number of fused-ring (bicyclic) bond motifs is 1. The molecule has 0 radical (unpaired) electrons. The van der Waals surface area contributed by atoms with Crippen LogP contribution in [0.5, 0.6) is 0 Å². The molecule has 2 amide bonds. The molecule has 1 aliphatic heterocycles. The molecule has 8 N–H and O–H groups in total. The number of rotatable bonds is 14. The first-order chi connectivity index (χ1) is 20.2. The van der Waals surface area contributed by atoms with Crippen LogP contribution >= 0.6 is 0 Å². The number of hydrogen-bond acceptors (Lipinski definition) is 7. The third kappa shape index (κ3) is 9.12. The maximum absolute atomic E-state index is 13.5. The lowest BCUT2D eigenvalue weighted by atomic mass is 9.63. The van der Waals surface area contributed by atoms with E-state index in [0.717, 1.165) is 28.7 Å². The molecule has 0 aromatic heterocycles. The molecule has 0 aliphatic carbocycles. The largest absolute Gasteiger partial charge is 0.422 e. The molecule has 13 heteroatoms. The molecule has 2 atom stereocenters. The van der Waals surface area contributed by atoms with Gasteiger partial charge in [0.15, 0.2) is 5.78 Å². The van der Waals surface area contributed by atoms with Crippen molar-refractivity contribution in [1.82, 2.24) is 10.6 Å². The molecule has 0 spiro atoms. The molecular formula is C30H41BF3N5O4. The summed E-state index contributed by atoms with van der Waals surface area (Å²) in [5, 5.41) is 5.42. The van der Waals surface area contributed by atoms with E-state index in [1.807, 2.05) is 38.9 Å². The van der Waals surface area contributed by atoms with Gasteiger partial charge < -0.3 is 32.5 Å². The number of Topliss-reactive ketones (excluding diaryl/α,β-unsaturated/α-hetero) is 1. The van der Waals surface area contributed by atoms with Crippen molar-refractivity contribution < 1.29 is 32.2 Å². The number of carbonyl (C=O) groups is 3. The number of halogens is 3. The smallest absolute Gasteiger partial charge is 0.416 e. The third-order valence-electron chi connectivity index (χ3n) is 7.75. The summed E-state index contributed by atoms with van der Waals surface area (Å²) in [6, 6.07) is 8.19. The number of amides is 2. The van der Waals surface area contributed by atoms with Gasteiger partial charge in [0.05, 0.1) is 29.2 Å². The number of carbonyl (C=O) groups excluding carboxylic acids is 3. The van der Waals surface area contributed by atoms with E-state index in [1.54, 1.807) is 0 Å². The molecule has 2 aromatic rings. The summed E-state index contributed by atoms with van der Waals surface area (Å²) in [6.45, 7) is 6.25. The van der Waals surface area contributed by atoms with Gasteiger partial charge in [0.1, 0.15) is 0 Å². The first kappa shape index (κ1) is 34.2. The van der Waals surface area contributed by atoms with Crippen LogP contribution in [0.15, 0.2) is 42.5 Å². The van der Waals surface area contributed by atoms with Crippen molar-refractivity contribution >= 4 is 30.0 Å². The van der Waals surface area contributed by atoms with E-state index in [9.17, 15) is 27.6 Å². The van der Waals surface area contributed by atoms with E-state index in [-0.39, 0.29) is 57.5 Å². The van der Waals surface area contributed by atoms with Crippen LogP contribution in [0, 0.1) is 5.92 Å². The van der Waals surface area contributed by atoms with Crippen molar-refractivity contribution in [3.8, 4) is 0 Å². The van der Waals surface area contributed by atoms with Crippen molar-refractivity contribution in [2.75, 3.05) is 19.6 Å². The maximum Gasteiger partial charge on any atom is 0.416 e. The summed E-state index contributed by atoms with van der Waals surface area (Å²) in [6.07, 6.45) is -3.89. The number of hydrogen-bond donors (Lipinski definition) is 5. The predicted octanol–water partition coefficient (Wildman–Crippen LogP) is 1.40. The molecule has 1 aliphatic rings. The number of alkyl halides is 3. The summed E-state index contributed by atoms with van der Waals surface area (Å²) in [4.78, 5) is 38.6. The normalized spacial score (nSPS) is 15.6. The minimum absolute atomic E-state index is 0.00324. The zero-order valence-corrected chi connectivity index (χ0v) is 24.8. The van der Waals surface area contributed by atoms with Crippen LogP contribution in [0.25, 0.3) is 0 Å². The molecule has 0 bridgehead atoms. The molecule has 43 heavy (non-hydrogen) atoms. The van der Waals surface area contributed by atoms with E-state index in [0.29, 0.717) is 12.0 Å². The van der Waals surface area contributed by atoms with Crippen LogP contribution in [0.1, 0.15) is 48.9 Å². The van der Waals surface area contributed by atoms with E-state index in [2.05, 4.69) is 10.6 Å². The van der Waals surface area contributed by atoms with Crippen LogP contribution < -0.4 is 33.3 Å². The fourth-order valence-corrected chi connectivity index (χ4v) is 5.21. The van der Waals surface area contributed by atoms with Crippen molar-refractivity contribution in [2.24, 2.45) is 23.1 Å². The van der Waals surface area contributed by atoms with Crippen molar-refractivity contribution in [3.63, 3.8) is 0 Å². The SMILES string of the molecule is CB1OC(C)(C)c2ccc(CC(=O)[C@@H](Cc3ccc(C(F)(F)F)cc3)NC(=O)[C@@H](N)CCCNC(=O)C(CN)CN)cc21. The van der Waals surface area contributed by atoms with E-state index < -0.39 is 41.2 Å². The number of nitrogens with one attached hydrogen (secondary N) is 2. The van der Waals surface area contributed by atoms with Gasteiger partial charge in [-0.15, -0.1) is 0 Å². The summed E-state index contributed by atoms with van der Waals surface area (Å²) in [5.74, 6) is -1.66. The Morgan fingerprint density at radius 1 is 1.00 bits per heavy atom. The lowest BCUT2D eigenvalue weighted by Gasteiger charge is -2.22. The van der Waals surface area contributed by atoms with E-state index in [1.165, 1.54) is 12.1 Å². The molecule has 0 saturated carbocycles. The highest BCUT2D eigenvalue weighted by Crippen LogP contribution is 2.31. The average molecular weight is 603 g/mol. The Labute approximate surface area is 250 Å². The van der Waals surface area contributed by atoms with Gasteiger partial charge in [-0.05, 0) is 67.4 Å². The Balaban J connectivity index is 1.70. The second-order valence-electron chi connectivity index (χ2n) is 11.5. The van der Waals surface area contributed by atoms with Gasteiger partial charge in [-0.2, -0.15) is 13.2 Å².